The van der Waals surface area contributed by atoms with Gasteiger partial charge in [0, 0.05) is 19.0 Å². The highest BCUT2D eigenvalue weighted by atomic mass is 35.5. The van der Waals surface area contributed by atoms with Crippen LogP contribution in [0.15, 0.2) is 23.1 Å². The van der Waals surface area contributed by atoms with Crippen LogP contribution in [0.1, 0.15) is 12.8 Å². The van der Waals surface area contributed by atoms with Crippen molar-refractivity contribution < 1.29 is 12.8 Å². The lowest BCUT2D eigenvalue weighted by molar-refractivity contribution is 0.316. The number of thiocarbonyl (C=S) groups is 1. The molecule has 1 aromatic carbocycles. The fraction of sp³-hybridized carbons (Fsp3) is 0.417. The SMILES string of the molecule is NC(=S)C1CCN(S(=O)(=O)c2cc(F)ccc2Cl)CC1. The standard InChI is InChI=1S/C12H14ClFN2O2S2/c13-10-2-1-9(14)7-11(10)20(17,18)16-5-3-8(4-6-16)12(15)19/h1-2,7-8H,3-6H2,(H2,15,19). The first-order valence-electron chi connectivity index (χ1n) is 6.07. The Morgan fingerprint density at radius 1 is 1.40 bits per heavy atom. The number of sulfonamides is 1. The van der Waals surface area contributed by atoms with Crippen LogP contribution in [0.3, 0.4) is 0 Å². The van der Waals surface area contributed by atoms with Crippen molar-refractivity contribution in [3.05, 3.63) is 29.0 Å². The molecule has 1 heterocycles. The Balaban J connectivity index is 2.24. The van der Waals surface area contributed by atoms with Gasteiger partial charge in [-0.05, 0) is 31.0 Å². The number of nitrogens with two attached hydrogens (primary N) is 1. The molecule has 1 saturated heterocycles. The van der Waals surface area contributed by atoms with E-state index in [4.69, 9.17) is 29.6 Å². The number of piperidine rings is 1. The minimum atomic E-state index is -3.79. The average molecular weight is 337 g/mol. The van der Waals surface area contributed by atoms with Crippen LogP contribution in [0.2, 0.25) is 5.02 Å². The van der Waals surface area contributed by atoms with E-state index in [1.807, 2.05) is 0 Å². The zero-order valence-corrected chi connectivity index (χ0v) is 12.9. The van der Waals surface area contributed by atoms with Gasteiger partial charge in [-0.15, -0.1) is 0 Å². The number of hydrogen-bond donors (Lipinski definition) is 1. The van der Waals surface area contributed by atoms with Gasteiger partial charge in [0.2, 0.25) is 10.0 Å². The molecular weight excluding hydrogens is 323 g/mol. The Kier molecular flexibility index (Phi) is 4.63. The smallest absolute Gasteiger partial charge is 0.244 e. The van der Waals surface area contributed by atoms with Gasteiger partial charge in [-0.25, -0.2) is 12.8 Å². The Hall–Kier alpha value is -0.760. The first-order chi connectivity index (χ1) is 9.32. The van der Waals surface area contributed by atoms with E-state index in [1.54, 1.807) is 0 Å². The molecule has 0 saturated carbocycles. The summed E-state index contributed by atoms with van der Waals surface area (Å²) >= 11 is 10.8. The van der Waals surface area contributed by atoms with Gasteiger partial charge in [-0.2, -0.15) is 4.31 Å². The highest BCUT2D eigenvalue weighted by molar-refractivity contribution is 7.89. The monoisotopic (exact) mass is 336 g/mol. The summed E-state index contributed by atoms with van der Waals surface area (Å²) < 4.78 is 39.4. The lowest BCUT2D eigenvalue weighted by atomic mass is 9.98. The summed E-state index contributed by atoms with van der Waals surface area (Å²) in [6, 6.07) is 3.31. The van der Waals surface area contributed by atoms with E-state index in [0.29, 0.717) is 30.9 Å². The van der Waals surface area contributed by atoms with E-state index in [1.165, 1.54) is 10.4 Å². The molecule has 0 atom stereocenters. The minimum absolute atomic E-state index is 0.0165. The Morgan fingerprint density at radius 3 is 2.55 bits per heavy atom. The second kappa shape index (κ2) is 5.93. The molecule has 1 fully saturated rings. The highest BCUT2D eigenvalue weighted by Crippen LogP contribution is 2.28. The number of hydrogen-bond acceptors (Lipinski definition) is 3. The van der Waals surface area contributed by atoms with E-state index in [9.17, 15) is 12.8 Å². The van der Waals surface area contributed by atoms with Gasteiger partial charge >= 0.3 is 0 Å². The minimum Gasteiger partial charge on any atom is -0.393 e. The molecule has 0 radical (unpaired) electrons. The van der Waals surface area contributed by atoms with Crippen LogP contribution in [-0.4, -0.2) is 30.8 Å². The first-order valence-corrected chi connectivity index (χ1v) is 8.29. The molecular formula is C12H14ClFN2O2S2. The molecule has 0 unspecified atom stereocenters. The molecule has 1 aliphatic rings. The van der Waals surface area contributed by atoms with E-state index < -0.39 is 15.8 Å². The lowest BCUT2D eigenvalue weighted by Crippen LogP contribution is -2.41. The van der Waals surface area contributed by atoms with Crippen LogP contribution >= 0.6 is 23.8 Å². The molecule has 0 aromatic heterocycles. The quantitative estimate of drug-likeness (QED) is 0.859. The maximum Gasteiger partial charge on any atom is 0.244 e. The third-order valence-corrected chi connectivity index (χ3v) is 6.08. The Labute approximate surface area is 127 Å². The fourth-order valence-electron chi connectivity index (χ4n) is 2.19. The van der Waals surface area contributed by atoms with Gasteiger partial charge in [0.05, 0.1) is 10.0 Å². The third-order valence-electron chi connectivity index (χ3n) is 3.37. The fourth-order valence-corrected chi connectivity index (χ4v) is 4.39. The van der Waals surface area contributed by atoms with Crippen LogP contribution < -0.4 is 5.73 Å². The topological polar surface area (TPSA) is 63.4 Å². The van der Waals surface area contributed by atoms with Crippen molar-refractivity contribution in [3.63, 3.8) is 0 Å². The Bertz CT molecular complexity index is 628. The van der Waals surface area contributed by atoms with Gasteiger partial charge in [0.15, 0.2) is 0 Å². The van der Waals surface area contributed by atoms with Gasteiger partial charge in [0.1, 0.15) is 10.7 Å². The molecule has 8 heteroatoms. The molecule has 0 amide bonds. The van der Waals surface area contributed by atoms with Crippen LogP contribution in [0.4, 0.5) is 4.39 Å². The number of halogens is 2. The summed E-state index contributed by atoms with van der Waals surface area (Å²) in [5.41, 5.74) is 5.57. The van der Waals surface area contributed by atoms with Crippen molar-refractivity contribution in [1.29, 1.82) is 0 Å². The van der Waals surface area contributed by atoms with Crippen LogP contribution in [0.25, 0.3) is 0 Å². The lowest BCUT2D eigenvalue weighted by Gasteiger charge is -2.30. The van der Waals surface area contributed by atoms with Gasteiger partial charge < -0.3 is 5.73 Å². The zero-order chi connectivity index (χ0) is 14.9. The van der Waals surface area contributed by atoms with Crippen molar-refractivity contribution in [2.24, 2.45) is 11.7 Å². The van der Waals surface area contributed by atoms with Gasteiger partial charge in [-0.3, -0.25) is 0 Å². The molecule has 1 aliphatic heterocycles. The molecule has 4 nitrogen and oxygen atoms in total. The van der Waals surface area contributed by atoms with E-state index in [0.717, 1.165) is 12.1 Å². The summed E-state index contributed by atoms with van der Waals surface area (Å²) in [5.74, 6) is -0.578. The molecule has 0 aliphatic carbocycles. The summed E-state index contributed by atoms with van der Waals surface area (Å²) in [7, 11) is -3.79. The summed E-state index contributed by atoms with van der Waals surface area (Å²) in [4.78, 5) is 0.207. The van der Waals surface area contributed by atoms with E-state index in [-0.39, 0.29) is 15.8 Å². The molecule has 0 spiro atoms. The van der Waals surface area contributed by atoms with Crippen molar-refractivity contribution in [2.45, 2.75) is 17.7 Å². The predicted molar refractivity (Wildman–Crippen MR) is 79.7 cm³/mol. The number of nitrogens with zero attached hydrogens (tertiary/aromatic N) is 1. The van der Waals surface area contributed by atoms with Crippen molar-refractivity contribution in [2.75, 3.05) is 13.1 Å². The van der Waals surface area contributed by atoms with Gasteiger partial charge in [-0.1, -0.05) is 23.8 Å². The van der Waals surface area contributed by atoms with Crippen molar-refractivity contribution >= 4 is 38.8 Å². The largest absolute Gasteiger partial charge is 0.393 e. The van der Waals surface area contributed by atoms with Crippen molar-refractivity contribution in [3.8, 4) is 0 Å². The summed E-state index contributed by atoms with van der Waals surface area (Å²) in [6.45, 7) is 0.606. The van der Waals surface area contributed by atoms with Crippen molar-refractivity contribution in [1.82, 2.24) is 4.31 Å². The van der Waals surface area contributed by atoms with E-state index in [2.05, 4.69) is 0 Å². The third kappa shape index (κ3) is 3.11. The molecule has 1 aromatic rings. The number of rotatable bonds is 3. The van der Waals surface area contributed by atoms with Crippen LogP contribution in [-0.2, 0) is 10.0 Å². The molecule has 2 N–H and O–H groups in total. The average Bonchev–Trinajstić information content (AvgIpc) is 2.41. The van der Waals surface area contributed by atoms with Crippen LogP contribution in [0, 0.1) is 11.7 Å². The first kappa shape index (κ1) is 15.6. The molecule has 2 rings (SSSR count). The zero-order valence-electron chi connectivity index (χ0n) is 10.6. The maximum absolute atomic E-state index is 13.2. The normalized spacial score (nSPS) is 18.1. The summed E-state index contributed by atoms with van der Waals surface area (Å²) in [5, 5.41) is 0.0165. The summed E-state index contributed by atoms with van der Waals surface area (Å²) in [6.07, 6.45) is 1.14. The second-order valence-electron chi connectivity index (χ2n) is 4.66. The van der Waals surface area contributed by atoms with E-state index >= 15 is 0 Å². The maximum atomic E-state index is 13.2. The molecule has 110 valence electrons. The van der Waals surface area contributed by atoms with Gasteiger partial charge in [0.25, 0.3) is 0 Å². The molecule has 0 bridgehead atoms. The highest BCUT2D eigenvalue weighted by Gasteiger charge is 2.31. The molecule has 20 heavy (non-hydrogen) atoms. The number of benzene rings is 1. The predicted octanol–water partition coefficient (Wildman–Crippen LogP) is 2.17. The Morgan fingerprint density at radius 2 is 2.00 bits per heavy atom. The van der Waals surface area contributed by atoms with Crippen LogP contribution in [0.5, 0.6) is 0 Å². The second-order valence-corrected chi connectivity index (χ2v) is 7.44.